The van der Waals surface area contributed by atoms with Crippen molar-refractivity contribution >= 4 is 6.03 Å². The minimum Gasteiger partial charge on any atom is -0.464 e. The molecule has 6 heteroatoms. The molecule has 1 N–H and O–H groups in total. The van der Waals surface area contributed by atoms with Crippen LogP contribution in [0.2, 0.25) is 0 Å². The maximum Gasteiger partial charge on any atom is 0.318 e. The summed E-state index contributed by atoms with van der Waals surface area (Å²) in [6.07, 6.45) is 7.98. The van der Waals surface area contributed by atoms with Crippen molar-refractivity contribution in [2.45, 2.75) is 57.7 Å². The standard InChI is InChI=1S/C19H26N4O2/c1-14-12-17(14)18-7-6-16(25-18)13-23(15-4-5-15)19(24)20-8-2-10-22-11-3-9-21-22/h3,6-7,9,11,14-15,17H,2,4-5,8,10,12-13H2,1H3,(H,20,24). The molecule has 2 aliphatic rings. The molecule has 0 bridgehead atoms. The molecule has 2 fully saturated rings. The smallest absolute Gasteiger partial charge is 0.318 e. The van der Waals surface area contributed by atoms with Crippen molar-refractivity contribution in [1.82, 2.24) is 20.0 Å². The number of hydrogen-bond donors (Lipinski definition) is 1. The number of nitrogens with zero attached hydrogens (tertiary/aromatic N) is 3. The molecule has 2 aliphatic carbocycles. The topological polar surface area (TPSA) is 63.3 Å². The maximum absolute atomic E-state index is 12.5. The van der Waals surface area contributed by atoms with E-state index in [0.717, 1.165) is 43.2 Å². The van der Waals surface area contributed by atoms with E-state index in [-0.39, 0.29) is 6.03 Å². The molecule has 6 nitrogen and oxygen atoms in total. The van der Waals surface area contributed by atoms with E-state index in [1.54, 1.807) is 6.20 Å². The summed E-state index contributed by atoms with van der Waals surface area (Å²) in [6, 6.07) is 6.39. The fourth-order valence-corrected chi connectivity index (χ4v) is 3.29. The first-order chi connectivity index (χ1) is 12.2. The van der Waals surface area contributed by atoms with Gasteiger partial charge in [-0.2, -0.15) is 5.10 Å². The van der Waals surface area contributed by atoms with Gasteiger partial charge in [0.15, 0.2) is 0 Å². The Labute approximate surface area is 148 Å². The number of furan rings is 1. The number of carbonyl (C=O) groups is 1. The fourth-order valence-electron chi connectivity index (χ4n) is 3.29. The molecular weight excluding hydrogens is 316 g/mol. The number of amides is 2. The molecule has 2 aromatic rings. The molecule has 2 atom stereocenters. The van der Waals surface area contributed by atoms with Crippen molar-refractivity contribution < 1.29 is 9.21 Å². The van der Waals surface area contributed by atoms with E-state index in [4.69, 9.17) is 4.42 Å². The van der Waals surface area contributed by atoms with Gasteiger partial charge in [0.05, 0.1) is 6.54 Å². The second kappa shape index (κ2) is 6.94. The Morgan fingerprint density at radius 3 is 2.96 bits per heavy atom. The highest BCUT2D eigenvalue weighted by Gasteiger charge is 2.37. The average molecular weight is 342 g/mol. The van der Waals surface area contributed by atoms with Crippen molar-refractivity contribution in [1.29, 1.82) is 0 Å². The largest absolute Gasteiger partial charge is 0.464 e. The number of nitrogens with one attached hydrogen (secondary N) is 1. The Morgan fingerprint density at radius 1 is 1.44 bits per heavy atom. The van der Waals surface area contributed by atoms with Crippen LogP contribution in [0.1, 0.15) is 50.0 Å². The van der Waals surface area contributed by atoms with Crippen molar-refractivity contribution in [3.8, 4) is 0 Å². The van der Waals surface area contributed by atoms with Gasteiger partial charge in [0.1, 0.15) is 11.5 Å². The van der Waals surface area contributed by atoms with Crippen molar-refractivity contribution in [2.24, 2.45) is 5.92 Å². The number of aromatic nitrogens is 2. The Morgan fingerprint density at radius 2 is 2.28 bits per heavy atom. The number of carbonyl (C=O) groups excluding carboxylic acids is 1. The fraction of sp³-hybridized carbons (Fsp3) is 0.579. The van der Waals surface area contributed by atoms with E-state index >= 15 is 0 Å². The van der Waals surface area contributed by atoms with E-state index in [2.05, 4.69) is 23.4 Å². The first kappa shape index (κ1) is 16.2. The second-order valence-electron chi connectivity index (χ2n) is 7.34. The van der Waals surface area contributed by atoms with Gasteiger partial charge >= 0.3 is 6.03 Å². The highest BCUT2D eigenvalue weighted by atomic mass is 16.3. The summed E-state index contributed by atoms with van der Waals surface area (Å²) in [5.41, 5.74) is 0. The molecule has 0 radical (unpaired) electrons. The zero-order chi connectivity index (χ0) is 17.2. The number of urea groups is 1. The zero-order valence-electron chi connectivity index (χ0n) is 14.7. The van der Waals surface area contributed by atoms with Gasteiger partial charge in [-0.15, -0.1) is 0 Å². The van der Waals surface area contributed by atoms with Crippen LogP contribution >= 0.6 is 0 Å². The van der Waals surface area contributed by atoms with E-state index in [1.807, 2.05) is 27.9 Å². The summed E-state index contributed by atoms with van der Waals surface area (Å²) in [4.78, 5) is 14.5. The molecule has 2 unspecified atom stereocenters. The lowest BCUT2D eigenvalue weighted by molar-refractivity contribution is 0.186. The third kappa shape index (κ3) is 4.06. The van der Waals surface area contributed by atoms with Gasteiger partial charge in [-0.1, -0.05) is 6.92 Å². The van der Waals surface area contributed by atoms with Gasteiger partial charge in [-0.25, -0.2) is 4.79 Å². The lowest BCUT2D eigenvalue weighted by atomic mass is 10.3. The third-order valence-corrected chi connectivity index (χ3v) is 5.13. The van der Waals surface area contributed by atoms with Crippen LogP contribution < -0.4 is 5.32 Å². The van der Waals surface area contributed by atoms with E-state index < -0.39 is 0 Å². The van der Waals surface area contributed by atoms with Crippen molar-refractivity contribution in [2.75, 3.05) is 6.54 Å². The first-order valence-corrected chi connectivity index (χ1v) is 9.31. The van der Waals surface area contributed by atoms with Crippen molar-refractivity contribution in [3.05, 3.63) is 42.1 Å². The molecular formula is C19H26N4O2. The molecule has 0 saturated heterocycles. The van der Waals surface area contributed by atoms with Gasteiger partial charge in [0.2, 0.25) is 0 Å². The molecule has 134 valence electrons. The lowest BCUT2D eigenvalue weighted by Gasteiger charge is -2.21. The third-order valence-electron chi connectivity index (χ3n) is 5.13. The van der Waals surface area contributed by atoms with E-state index in [0.29, 0.717) is 25.0 Å². The summed E-state index contributed by atoms with van der Waals surface area (Å²) in [5, 5.41) is 7.21. The zero-order valence-corrected chi connectivity index (χ0v) is 14.7. The second-order valence-corrected chi connectivity index (χ2v) is 7.34. The van der Waals surface area contributed by atoms with E-state index in [9.17, 15) is 4.79 Å². The van der Waals surface area contributed by atoms with Crippen molar-refractivity contribution in [3.63, 3.8) is 0 Å². The van der Waals surface area contributed by atoms with Crippen LogP contribution in [0.25, 0.3) is 0 Å². The molecule has 0 spiro atoms. The SMILES string of the molecule is CC1CC1c1ccc(CN(C(=O)NCCCn2cccn2)C2CC2)o1. The Balaban J connectivity index is 1.27. The number of rotatable bonds is 8. The van der Waals surface area contributed by atoms with Crippen LogP contribution in [0.4, 0.5) is 4.79 Å². The average Bonchev–Trinajstić information content (AvgIpc) is 3.46. The molecule has 2 aromatic heterocycles. The summed E-state index contributed by atoms with van der Waals surface area (Å²) < 4.78 is 7.86. The predicted octanol–water partition coefficient (Wildman–Crippen LogP) is 3.36. The molecule has 0 aromatic carbocycles. The monoisotopic (exact) mass is 342 g/mol. The summed E-state index contributed by atoms with van der Waals surface area (Å²) >= 11 is 0. The predicted molar refractivity (Wildman–Crippen MR) is 94.0 cm³/mol. The van der Waals surface area contributed by atoms with E-state index in [1.165, 1.54) is 6.42 Å². The van der Waals surface area contributed by atoms with Gasteiger partial charge in [0, 0.05) is 37.4 Å². The van der Waals surface area contributed by atoms with Gasteiger partial charge < -0.3 is 14.6 Å². The van der Waals surface area contributed by atoms with Crippen LogP contribution in [0.3, 0.4) is 0 Å². The quantitative estimate of drug-likeness (QED) is 0.748. The van der Waals surface area contributed by atoms with Crippen LogP contribution in [0, 0.1) is 5.92 Å². The Bertz CT molecular complexity index is 705. The molecule has 2 heterocycles. The molecule has 25 heavy (non-hydrogen) atoms. The van der Waals surface area contributed by atoms with Crippen LogP contribution in [-0.2, 0) is 13.1 Å². The van der Waals surface area contributed by atoms with Gasteiger partial charge in [0.25, 0.3) is 0 Å². The summed E-state index contributed by atoms with van der Waals surface area (Å²) in [7, 11) is 0. The highest BCUT2D eigenvalue weighted by Crippen LogP contribution is 2.47. The minimum atomic E-state index is 0.0145. The molecule has 4 rings (SSSR count). The van der Waals surface area contributed by atoms with Crippen LogP contribution in [0.15, 0.2) is 35.0 Å². The lowest BCUT2D eigenvalue weighted by Crippen LogP contribution is -2.41. The number of hydrogen-bond acceptors (Lipinski definition) is 3. The van der Waals surface area contributed by atoms with Crippen LogP contribution in [-0.4, -0.2) is 33.3 Å². The number of aryl methyl sites for hydroxylation is 1. The first-order valence-electron chi connectivity index (χ1n) is 9.31. The Kier molecular flexibility index (Phi) is 4.51. The minimum absolute atomic E-state index is 0.0145. The van der Waals surface area contributed by atoms with Crippen LogP contribution in [0.5, 0.6) is 0 Å². The molecule has 2 saturated carbocycles. The summed E-state index contributed by atoms with van der Waals surface area (Å²) in [6.45, 7) is 4.29. The van der Waals surface area contributed by atoms with Gasteiger partial charge in [-0.3, -0.25) is 4.68 Å². The molecule has 0 aliphatic heterocycles. The molecule has 2 amide bonds. The normalized spacial score (nSPS) is 22.0. The highest BCUT2D eigenvalue weighted by molar-refractivity contribution is 5.74. The summed E-state index contributed by atoms with van der Waals surface area (Å²) in [5.74, 6) is 3.29. The Hall–Kier alpha value is -2.24. The maximum atomic E-state index is 12.5. The van der Waals surface area contributed by atoms with Gasteiger partial charge in [-0.05, 0) is 49.8 Å².